The fourth-order valence-corrected chi connectivity index (χ4v) is 0. The quantitative estimate of drug-likeness (QED) is 0.282. The van der Waals surface area contributed by atoms with Gasteiger partial charge in [-0.25, -0.2) is 0 Å². The van der Waals surface area contributed by atoms with E-state index in [9.17, 15) is 0 Å². The van der Waals surface area contributed by atoms with Crippen molar-refractivity contribution in [3.63, 3.8) is 0 Å². The van der Waals surface area contributed by atoms with Crippen LogP contribution in [0.3, 0.4) is 0 Å². The van der Waals surface area contributed by atoms with Crippen LogP contribution in [-0.4, -0.2) is 0 Å². The minimum atomic E-state index is 0. The Morgan fingerprint density at radius 1 is 0.769 bits per heavy atom. The third kappa shape index (κ3) is 92.0. The number of hydrogen-bond donors (Lipinski definition) is 0. The predicted molar refractivity (Wildman–Crippen MR) is 41.4 cm³/mol. The molecule has 0 spiro atoms. The molecule has 0 saturated carbocycles. The van der Waals surface area contributed by atoms with Crippen LogP contribution in [0.1, 0.15) is 13.8 Å². The molecule has 72 valence electrons. The molecule has 0 aromatic heterocycles. The van der Waals surface area contributed by atoms with Crippen LogP contribution in [-0.2, 0) is 31.0 Å². The van der Waals surface area contributed by atoms with Gasteiger partial charge in [0.05, 0.1) is 0 Å². The van der Waals surface area contributed by atoms with E-state index in [0.29, 0.717) is 0 Å². The van der Waals surface area contributed by atoms with E-state index in [1.54, 1.807) is 0 Å². The average molecular weight is 222 g/mol. The topological polar surface area (TPSA) is 59.7 Å². The molecule has 0 fully saturated rings. The molecular formula is C9H10FeO3. The molecule has 0 rings (SSSR count). The molecule has 0 radical (unpaired) electrons. The molecule has 0 unspecified atom stereocenters. The molecule has 0 aromatic carbocycles. The van der Waals surface area contributed by atoms with Crippen molar-refractivity contribution in [2.45, 2.75) is 13.8 Å². The summed E-state index contributed by atoms with van der Waals surface area (Å²) in [7, 11) is 0. The van der Waals surface area contributed by atoms with Gasteiger partial charge in [0.15, 0.2) is 0 Å². The molecule has 0 saturated heterocycles. The molecule has 0 aliphatic rings. The van der Waals surface area contributed by atoms with Gasteiger partial charge < -0.3 is 0 Å². The fourth-order valence-electron chi connectivity index (χ4n) is 0. The summed E-state index contributed by atoms with van der Waals surface area (Å²) in [5.74, 6) is 0. The van der Waals surface area contributed by atoms with Crippen molar-refractivity contribution in [2.24, 2.45) is 0 Å². The zero-order chi connectivity index (χ0) is 11.2. The Bertz CT molecular complexity index is 151. The molecule has 13 heavy (non-hydrogen) atoms. The monoisotopic (exact) mass is 222 g/mol. The first kappa shape index (κ1) is 29.5. The van der Waals surface area contributed by atoms with Crippen molar-refractivity contribution in [2.75, 3.05) is 0 Å². The van der Waals surface area contributed by atoms with Crippen LogP contribution < -0.4 is 0 Å². The van der Waals surface area contributed by atoms with E-state index in [2.05, 4.69) is 33.1 Å². The van der Waals surface area contributed by atoms with E-state index in [4.69, 9.17) is 14.0 Å². The smallest absolute Gasteiger partial charge is 0 e. The standard InChI is InChI=1S/C6H10.3CO.Fe/c1-5(2)6(3)4;3*1-2;/h1,3H2,2,4H3;;;;. The second-order valence-corrected chi connectivity index (χ2v) is 1.56. The van der Waals surface area contributed by atoms with Crippen LogP contribution in [0.5, 0.6) is 0 Å². The van der Waals surface area contributed by atoms with Crippen LogP contribution in [0.25, 0.3) is 0 Å². The van der Waals surface area contributed by atoms with Crippen LogP contribution in [0.2, 0.25) is 0 Å². The van der Waals surface area contributed by atoms with Crippen LogP contribution in [0.4, 0.5) is 0 Å². The average Bonchev–Trinajstić information content (AvgIpc) is 2.14. The number of rotatable bonds is 1. The predicted octanol–water partition coefficient (Wildman–Crippen LogP) is 2.02. The van der Waals surface area contributed by atoms with Gasteiger partial charge in [0.1, 0.15) is 0 Å². The minimum absolute atomic E-state index is 0. The third-order valence-corrected chi connectivity index (χ3v) is 0.729. The summed E-state index contributed by atoms with van der Waals surface area (Å²) in [5, 5.41) is 0. The second-order valence-electron chi connectivity index (χ2n) is 1.56. The van der Waals surface area contributed by atoms with E-state index < -0.39 is 0 Å². The zero-order valence-corrected chi connectivity index (χ0v) is 8.60. The van der Waals surface area contributed by atoms with Gasteiger partial charge in [0.2, 0.25) is 0 Å². The molecular weight excluding hydrogens is 212 g/mol. The normalized spacial score (nSPS) is 4.00. The Balaban J connectivity index is -0.0000000263. The van der Waals surface area contributed by atoms with E-state index in [-0.39, 0.29) is 17.1 Å². The molecule has 0 heterocycles. The molecule has 0 amide bonds. The van der Waals surface area contributed by atoms with Gasteiger partial charge in [-0.1, -0.05) is 24.3 Å². The van der Waals surface area contributed by atoms with Gasteiger partial charge in [-0.15, -0.1) is 0 Å². The SMILES string of the molecule is C=C(C)C(=C)C.[C-]#[O+].[C-]#[O+].[C-]#[O+].[Fe]. The first-order chi connectivity index (χ1) is 5.64. The van der Waals surface area contributed by atoms with Crippen LogP contribution in [0, 0.1) is 20.0 Å². The van der Waals surface area contributed by atoms with Gasteiger partial charge >= 0.3 is 33.9 Å². The van der Waals surface area contributed by atoms with Crippen LogP contribution in [0.15, 0.2) is 24.3 Å². The fraction of sp³-hybridized carbons (Fsp3) is 0.222. The van der Waals surface area contributed by atoms with E-state index >= 15 is 0 Å². The summed E-state index contributed by atoms with van der Waals surface area (Å²) >= 11 is 0. The Morgan fingerprint density at radius 3 is 0.846 bits per heavy atom. The van der Waals surface area contributed by atoms with Crippen molar-refractivity contribution in [3.05, 3.63) is 44.3 Å². The summed E-state index contributed by atoms with van der Waals surface area (Å²) in [6, 6.07) is 0. The Hall–Kier alpha value is -0.781. The number of hydrogen-bond acceptors (Lipinski definition) is 0. The Morgan fingerprint density at radius 2 is 0.846 bits per heavy atom. The second kappa shape index (κ2) is 43.0. The van der Waals surface area contributed by atoms with Gasteiger partial charge in [0, 0.05) is 17.1 Å². The Kier molecular flexibility index (Phi) is 97.6. The molecule has 0 atom stereocenters. The first-order valence-electron chi connectivity index (χ1n) is 2.57. The summed E-state index contributed by atoms with van der Waals surface area (Å²) in [6.45, 7) is 24.7. The zero-order valence-electron chi connectivity index (χ0n) is 7.49. The number of allylic oxidation sites excluding steroid dienone is 2. The summed E-state index contributed by atoms with van der Waals surface area (Å²) in [5.41, 5.74) is 2.13. The maximum atomic E-state index is 7.50. The van der Waals surface area contributed by atoms with Gasteiger partial charge in [-0.2, -0.15) is 0 Å². The summed E-state index contributed by atoms with van der Waals surface area (Å²) in [4.78, 5) is 0. The minimum Gasteiger partial charge on any atom is 0 e. The van der Waals surface area contributed by atoms with E-state index in [1.807, 2.05) is 13.8 Å². The van der Waals surface area contributed by atoms with Crippen molar-refractivity contribution in [3.8, 4) is 0 Å². The maximum Gasteiger partial charge on any atom is 0 e. The molecule has 0 aliphatic carbocycles. The molecule has 4 heteroatoms. The van der Waals surface area contributed by atoms with E-state index in [0.717, 1.165) is 11.1 Å². The first-order valence-corrected chi connectivity index (χ1v) is 2.57. The van der Waals surface area contributed by atoms with Crippen molar-refractivity contribution in [1.82, 2.24) is 0 Å². The van der Waals surface area contributed by atoms with E-state index in [1.165, 1.54) is 0 Å². The third-order valence-electron chi connectivity index (χ3n) is 0.729. The van der Waals surface area contributed by atoms with Crippen LogP contribution >= 0.6 is 0 Å². The van der Waals surface area contributed by atoms with Gasteiger partial charge in [0.25, 0.3) is 0 Å². The largest absolute Gasteiger partial charge is 0 e. The molecule has 0 aromatic rings. The van der Waals surface area contributed by atoms with Gasteiger partial charge in [-0.05, 0) is 13.8 Å². The Labute approximate surface area is 89.5 Å². The van der Waals surface area contributed by atoms with Crippen molar-refractivity contribution in [1.29, 1.82) is 0 Å². The molecule has 0 aliphatic heterocycles. The summed E-state index contributed by atoms with van der Waals surface area (Å²) < 4.78 is 22.5. The molecule has 3 nitrogen and oxygen atoms in total. The van der Waals surface area contributed by atoms with Crippen molar-refractivity contribution >= 4 is 0 Å². The molecule has 0 N–H and O–H groups in total. The summed E-state index contributed by atoms with van der Waals surface area (Å²) in [6.07, 6.45) is 0. The maximum absolute atomic E-state index is 7.50. The van der Waals surface area contributed by atoms with Gasteiger partial charge in [-0.3, -0.25) is 0 Å². The molecule has 0 bridgehead atoms. The van der Waals surface area contributed by atoms with Crippen molar-refractivity contribution < 1.29 is 31.0 Å².